The van der Waals surface area contributed by atoms with Crippen molar-refractivity contribution in [2.45, 2.75) is 0 Å². The molecule has 1 amide bonds. The number of aromatic nitrogens is 2. The van der Waals surface area contributed by atoms with Gasteiger partial charge in [0.05, 0.1) is 0 Å². The molecule has 0 aliphatic heterocycles. The van der Waals surface area contributed by atoms with Crippen LogP contribution in [0.25, 0.3) is 10.6 Å². The first kappa shape index (κ1) is 13.6. The molecule has 4 nitrogen and oxygen atoms in total. The number of nitrogens with zero attached hydrogens (tertiary/aromatic N) is 2. The lowest BCUT2D eigenvalue weighted by molar-refractivity contribution is -0.113. The summed E-state index contributed by atoms with van der Waals surface area (Å²) >= 11 is 8.54. The highest BCUT2D eigenvalue weighted by Crippen LogP contribution is 2.29. The summed E-state index contributed by atoms with van der Waals surface area (Å²) in [5.74, 6) is -0.906. The number of carbonyl (C=O) groups is 1. The Morgan fingerprint density at radius 1 is 1.50 bits per heavy atom. The number of hydrogen-bond acceptors (Lipinski definition) is 4. The van der Waals surface area contributed by atoms with Crippen LogP contribution in [0, 0.1) is 9.39 Å². The second kappa shape index (κ2) is 5.89. The molecule has 2 aromatic rings. The molecule has 94 valence electrons. The lowest BCUT2D eigenvalue weighted by atomic mass is 10.2. The highest BCUT2D eigenvalue weighted by molar-refractivity contribution is 14.1. The molecule has 0 saturated heterocycles. The third kappa shape index (κ3) is 3.15. The van der Waals surface area contributed by atoms with Crippen molar-refractivity contribution in [3.63, 3.8) is 0 Å². The van der Waals surface area contributed by atoms with Crippen molar-refractivity contribution >= 4 is 56.6 Å². The van der Waals surface area contributed by atoms with E-state index in [9.17, 15) is 9.18 Å². The standard InChI is InChI=1S/C10H6ClFIN3OS/c11-4-8(17)14-10-16-15-9(18-10)6-3-5(13)1-2-7(6)12/h1-3H,4H2,(H,14,16,17). The minimum atomic E-state index is -0.373. The fraction of sp³-hybridized carbons (Fsp3) is 0.100. The average Bonchev–Trinajstić information content (AvgIpc) is 2.80. The first-order valence-electron chi connectivity index (χ1n) is 4.75. The van der Waals surface area contributed by atoms with Gasteiger partial charge in [-0.05, 0) is 40.8 Å². The van der Waals surface area contributed by atoms with Crippen molar-refractivity contribution < 1.29 is 9.18 Å². The predicted molar refractivity (Wildman–Crippen MR) is 77.4 cm³/mol. The van der Waals surface area contributed by atoms with Crippen LogP contribution in [-0.4, -0.2) is 22.0 Å². The highest BCUT2D eigenvalue weighted by atomic mass is 127. The molecule has 8 heteroatoms. The maximum absolute atomic E-state index is 13.6. The zero-order chi connectivity index (χ0) is 13.1. The van der Waals surface area contributed by atoms with E-state index in [0.29, 0.717) is 15.7 Å². The van der Waals surface area contributed by atoms with Crippen LogP contribution < -0.4 is 5.32 Å². The maximum atomic E-state index is 13.6. The smallest absolute Gasteiger partial charge is 0.241 e. The number of carbonyl (C=O) groups excluding carboxylic acids is 1. The minimum absolute atomic E-state index is 0.160. The summed E-state index contributed by atoms with van der Waals surface area (Å²) in [6.45, 7) is 0. The molecule has 0 saturated carbocycles. The predicted octanol–water partition coefficient (Wildman–Crippen LogP) is 3.13. The quantitative estimate of drug-likeness (QED) is 0.639. The monoisotopic (exact) mass is 397 g/mol. The molecule has 2 rings (SSSR count). The third-order valence-corrected chi connectivity index (χ3v) is 3.74. The molecule has 1 aromatic heterocycles. The van der Waals surface area contributed by atoms with Gasteiger partial charge in [0, 0.05) is 9.13 Å². The average molecular weight is 398 g/mol. The molecular weight excluding hydrogens is 392 g/mol. The Morgan fingerprint density at radius 2 is 2.28 bits per heavy atom. The van der Waals surface area contributed by atoms with Crippen molar-refractivity contribution in [1.82, 2.24) is 10.2 Å². The molecule has 18 heavy (non-hydrogen) atoms. The van der Waals surface area contributed by atoms with Crippen LogP contribution in [0.4, 0.5) is 9.52 Å². The van der Waals surface area contributed by atoms with Crippen molar-refractivity contribution in [3.8, 4) is 10.6 Å². The van der Waals surface area contributed by atoms with Gasteiger partial charge in [-0.3, -0.25) is 10.1 Å². The Bertz CT molecular complexity index is 592. The second-order valence-corrected chi connectivity index (χ2v) is 5.71. The van der Waals surface area contributed by atoms with Crippen molar-refractivity contribution in [2.75, 3.05) is 11.2 Å². The zero-order valence-electron chi connectivity index (χ0n) is 8.78. The maximum Gasteiger partial charge on any atom is 0.241 e. The van der Waals surface area contributed by atoms with E-state index < -0.39 is 0 Å². The van der Waals surface area contributed by atoms with Gasteiger partial charge in [-0.25, -0.2) is 4.39 Å². The number of nitrogens with one attached hydrogen (secondary N) is 1. The summed E-state index contributed by atoms with van der Waals surface area (Å²) in [6.07, 6.45) is 0. The van der Waals surface area contributed by atoms with E-state index in [1.165, 1.54) is 6.07 Å². The topological polar surface area (TPSA) is 54.9 Å². The molecule has 0 fully saturated rings. The second-order valence-electron chi connectivity index (χ2n) is 3.22. The van der Waals surface area contributed by atoms with Crippen LogP contribution in [0.2, 0.25) is 0 Å². The van der Waals surface area contributed by atoms with Gasteiger partial charge in [0.25, 0.3) is 0 Å². The molecule has 1 aromatic carbocycles. The van der Waals surface area contributed by atoms with E-state index in [1.54, 1.807) is 12.1 Å². The summed E-state index contributed by atoms with van der Waals surface area (Å²) in [7, 11) is 0. The van der Waals surface area contributed by atoms with E-state index in [0.717, 1.165) is 14.9 Å². The normalized spacial score (nSPS) is 10.4. The summed E-state index contributed by atoms with van der Waals surface area (Å²) in [4.78, 5) is 11.1. The highest BCUT2D eigenvalue weighted by Gasteiger charge is 2.12. The largest absolute Gasteiger partial charge is 0.299 e. The molecule has 0 atom stereocenters. The van der Waals surface area contributed by atoms with Gasteiger partial charge in [0.15, 0.2) is 5.01 Å². The summed E-state index contributed by atoms with van der Waals surface area (Å²) < 4.78 is 14.5. The van der Waals surface area contributed by atoms with Crippen molar-refractivity contribution in [1.29, 1.82) is 0 Å². The van der Waals surface area contributed by atoms with E-state index in [-0.39, 0.29) is 17.6 Å². The van der Waals surface area contributed by atoms with Crippen LogP contribution in [0.3, 0.4) is 0 Å². The molecular formula is C10H6ClFIN3OS. The van der Waals surface area contributed by atoms with E-state index in [4.69, 9.17) is 11.6 Å². The number of hydrogen-bond donors (Lipinski definition) is 1. The Labute approximate surface area is 125 Å². The first-order chi connectivity index (χ1) is 8.60. The van der Waals surface area contributed by atoms with Gasteiger partial charge < -0.3 is 0 Å². The van der Waals surface area contributed by atoms with Crippen molar-refractivity contribution in [3.05, 3.63) is 27.6 Å². The van der Waals surface area contributed by atoms with Crippen molar-refractivity contribution in [2.24, 2.45) is 0 Å². The molecule has 1 N–H and O–H groups in total. The summed E-state index contributed by atoms with van der Waals surface area (Å²) in [5.41, 5.74) is 0.366. The van der Waals surface area contributed by atoms with Crippen LogP contribution in [0.5, 0.6) is 0 Å². The fourth-order valence-electron chi connectivity index (χ4n) is 1.20. The Balaban J connectivity index is 2.29. The Hall–Kier alpha value is -0.800. The lowest BCUT2D eigenvalue weighted by Crippen LogP contribution is -2.12. The van der Waals surface area contributed by atoms with Gasteiger partial charge in [0.1, 0.15) is 11.7 Å². The first-order valence-corrected chi connectivity index (χ1v) is 7.18. The van der Waals surface area contributed by atoms with Gasteiger partial charge >= 0.3 is 0 Å². The van der Waals surface area contributed by atoms with Gasteiger partial charge in [-0.15, -0.1) is 21.8 Å². The molecule has 0 aliphatic rings. The van der Waals surface area contributed by atoms with E-state index in [2.05, 4.69) is 38.1 Å². The molecule has 1 heterocycles. The number of alkyl halides is 1. The number of anilines is 1. The van der Waals surface area contributed by atoms with E-state index in [1.807, 2.05) is 0 Å². The number of rotatable bonds is 3. The summed E-state index contributed by atoms with van der Waals surface area (Å²) in [6, 6.07) is 4.70. The molecule has 0 radical (unpaired) electrons. The van der Waals surface area contributed by atoms with Crippen LogP contribution in [-0.2, 0) is 4.79 Å². The molecule has 0 bridgehead atoms. The van der Waals surface area contributed by atoms with E-state index >= 15 is 0 Å². The number of amides is 1. The number of benzene rings is 1. The van der Waals surface area contributed by atoms with Gasteiger partial charge in [0.2, 0.25) is 11.0 Å². The molecule has 0 unspecified atom stereocenters. The van der Waals surface area contributed by atoms with Gasteiger partial charge in [-0.2, -0.15) is 0 Å². The Morgan fingerprint density at radius 3 is 3.00 bits per heavy atom. The minimum Gasteiger partial charge on any atom is -0.299 e. The Kier molecular flexibility index (Phi) is 4.46. The molecule has 0 spiro atoms. The molecule has 0 aliphatic carbocycles. The van der Waals surface area contributed by atoms with Crippen LogP contribution >= 0.6 is 45.5 Å². The zero-order valence-corrected chi connectivity index (χ0v) is 12.5. The fourth-order valence-corrected chi connectivity index (χ4v) is 2.53. The number of halogens is 3. The van der Waals surface area contributed by atoms with Gasteiger partial charge in [-0.1, -0.05) is 11.3 Å². The summed E-state index contributed by atoms with van der Waals surface area (Å²) in [5, 5.41) is 10.8. The SMILES string of the molecule is O=C(CCl)Nc1nnc(-c2cc(I)ccc2F)s1. The lowest BCUT2D eigenvalue weighted by Gasteiger charge is -1.98. The van der Waals surface area contributed by atoms with Crippen LogP contribution in [0.1, 0.15) is 0 Å². The van der Waals surface area contributed by atoms with Crippen LogP contribution in [0.15, 0.2) is 18.2 Å². The third-order valence-electron chi connectivity index (χ3n) is 1.95.